The van der Waals surface area contributed by atoms with Gasteiger partial charge >= 0.3 is 6.03 Å². The van der Waals surface area contributed by atoms with Crippen LogP contribution < -0.4 is 15.0 Å². The van der Waals surface area contributed by atoms with E-state index in [0.717, 1.165) is 24.1 Å². The molecule has 3 aromatic rings. The molecule has 36 heavy (non-hydrogen) atoms. The second-order valence-electron chi connectivity index (χ2n) is 8.02. The van der Waals surface area contributed by atoms with Gasteiger partial charge in [0.25, 0.3) is 11.8 Å². The number of rotatable bonds is 6. The van der Waals surface area contributed by atoms with Crippen LogP contribution in [0.5, 0.6) is 5.75 Å². The Balaban J connectivity index is 1.75. The molecule has 1 aliphatic rings. The highest BCUT2D eigenvalue weighted by Crippen LogP contribution is 2.33. The first-order valence-corrected chi connectivity index (χ1v) is 13.3. The summed E-state index contributed by atoms with van der Waals surface area (Å²) in [6, 6.07) is 15.8. The zero-order valence-corrected chi connectivity index (χ0v) is 23.9. The Kier molecular flexibility index (Phi) is 8.17. The number of imide groups is 2. The Morgan fingerprint density at radius 2 is 1.86 bits per heavy atom. The lowest BCUT2D eigenvalue weighted by Crippen LogP contribution is -2.54. The van der Waals surface area contributed by atoms with Gasteiger partial charge in [0.15, 0.2) is 0 Å². The number of amides is 4. The highest BCUT2D eigenvalue weighted by atomic mass is 127. The minimum absolute atomic E-state index is 0.161. The monoisotopic (exact) mass is 678 g/mol. The lowest BCUT2D eigenvalue weighted by molar-refractivity contribution is -0.122. The Morgan fingerprint density at radius 3 is 2.58 bits per heavy atom. The first-order valence-electron chi connectivity index (χ1n) is 11.1. The van der Waals surface area contributed by atoms with Gasteiger partial charge < -0.3 is 4.74 Å². The van der Waals surface area contributed by atoms with Crippen LogP contribution in [0.4, 0.5) is 10.5 Å². The number of benzene rings is 3. The molecule has 184 valence electrons. The van der Waals surface area contributed by atoms with Gasteiger partial charge in [-0.3, -0.25) is 14.9 Å². The maximum absolute atomic E-state index is 13.4. The predicted molar refractivity (Wildman–Crippen MR) is 152 cm³/mol. The molecular weight excluding hydrogens is 659 g/mol. The van der Waals surface area contributed by atoms with Crippen molar-refractivity contribution in [3.05, 3.63) is 95.5 Å². The number of carbonyl (C=O) groups is 3. The fourth-order valence-electron chi connectivity index (χ4n) is 3.88. The van der Waals surface area contributed by atoms with Crippen LogP contribution in [0, 0.1) is 10.5 Å². The summed E-state index contributed by atoms with van der Waals surface area (Å²) in [5.41, 5.74) is 3.42. The van der Waals surface area contributed by atoms with E-state index < -0.39 is 17.8 Å². The minimum atomic E-state index is -0.819. The summed E-state index contributed by atoms with van der Waals surface area (Å²) in [5.74, 6) is -0.820. The zero-order valence-electron chi connectivity index (χ0n) is 19.4. The summed E-state index contributed by atoms with van der Waals surface area (Å²) < 4.78 is 7.86. The standard InChI is InChI=1S/C27H21BrClIN2O4/c1-3-36-24-13-16(12-22(30)18(24)14-17-7-4-5-8-20(17)28)11-19-25(33)31-27(35)32(26(19)34)23-10-6-9-21(29)15(23)2/h4-13H,3,14H2,1-2H3,(H,31,33,35)/b19-11+. The summed E-state index contributed by atoms with van der Waals surface area (Å²) >= 11 is 12.0. The maximum Gasteiger partial charge on any atom is 0.335 e. The summed E-state index contributed by atoms with van der Waals surface area (Å²) in [6.07, 6.45) is 2.12. The molecule has 6 nitrogen and oxygen atoms in total. The highest BCUT2D eigenvalue weighted by Gasteiger charge is 2.37. The van der Waals surface area contributed by atoms with E-state index in [1.54, 1.807) is 31.2 Å². The molecule has 3 aromatic carbocycles. The highest BCUT2D eigenvalue weighted by molar-refractivity contribution is 14.1. The zero-order chi connectivity index (χ0) is 26.0. The largest absolute Gasteiger partial charge is 0.494 e. The van der Waals surface area contributed by atoms with E-state index in [1.165, 1.54) is 6.08 Å². The van der Waals surface area contributed by atoms with Gasteiger partial charge in [-0.1, -0.05) is 51.8 Å². The first-order chi connectivity index (χ1) is 17.2. The lowest BCUT2D eigenvalue weighted by Gasteiger charge is -2.27. The molecule has 0 aromatic heterocycles. The quantitative estimate of drug-likeness (QED) is 0.180. The van der Waals surface area contributed by atoms with Crippen molar-refractivity contribution in [1.82, 2.24) is 5.32 Å². The van der Waals surface area contributed by atoms with E-state index in [0.29, 0.717) is 40.6 Å². The molecule has 9 heteroatoms. The number of anilines is 1. The van der Waals surface area contributed by atoms with Crippen LogP contribution in [0.1, 0.15) is 29.2 Å². The van der Waals surface area contributed by atoms with Crippen molar-refractivity contribution >= 4 is 79.7 Å². The maximum atomic E-state index is 13.4. The van der Waals surface area contributed by atoms with Gasteiger partial charge in [0.1, 0.15) is 11.3 Å². The lowest BCUT2D eigenvalue weighted by atomic mass is 10.0. The van der Waals surface area contributed by atoms with Crippen LogP contribution in [0.15, 0.2) is 64.6 Å². The Hall–Kier alpha value is -2.69. The van der Waals surface area contributed by atoms with Gasteiger partial charge in [-0.25, -0.2) is 9.69 Å². The molecule has 0 unspecified atom stereocenters. The average Bonchev–Trinajstić information content (AvgIpc) is 2.83. The molecule has 1 heterocycles. The summed E-state index contributed by atoms with van der Waals surface area (Å²) in [6.45, 7) is 4.06. The molecule has 0 aliphatic carbocycles. The normalized spacial score (nSPS) is 14.9. The minimum Gasteiger partial charge on any atom is -0.494 e. The number of barbiturate groups is 1. The number of urea groups is 1. The van der Waals surface area contributed by atoms with Crippen LogP contribution in [0.25, 0.3) is 6.08 Å². The third-order valence-electron chi connectivity index (χ3n) is 5.69. The average molecular weight is 680 g/mol. The Bertz CT molecular complexity index is 1420. The molecular formula is C27H21BrClIN2O4. The second kappa shape index (κ2) is 11.1. The summed E-state index contributed by atoms with van der Waals surface area (Å²) in [4.78, 5) is 39.6. The van der Waals surface area contributed by atoms with E-state index in [1.807, 2.05) is 37.3 Å². The molecule has 1 aliphatic heterocycles. The van der Waals surface area contributed by atoms with Crippen LogP contribution in [-0.2, 0) is 16.0 Å². The number of halogens is 3. The SMILES string of the molecule is CCOc1cc(/C=C2\C(=O)NC(=O)N(c3cccc(Cl)c3C)C2=O)cc(I)c1Cc1ccccc1Br. The van der Waals surface area contributed by atoms with Gasteiger partial charge in [-0.05, 0) is 89.5 Å². The van der Waals surface area contributed by atoms with Gasteiger partial charge in [0.2, 0.25) is 0 Å². The number of hydrogen-bond donors (Lipinski definition) is 1. The number of hydrogen-bond acceptors (Lipinski definition) is 4. The van der Waals surface area contributed by atoms with Crippen LogP contribution in [0.3, 0.4) is 0 Å². The van der Waals surface area contributed by atoms with E-state index in [4.69, 9.17) is 16.3 Å². The number of nitrogens with zero attached hydrogens (tertiary/aromatic N) is 1. The van der Waals surface area contributed by atoms with E-state index >= 15 is 0 Å². The van der Waals surface area contributed by atoms with Crippen LogP contribution >= 0.6 is 50.1 Å². The van der Waals surface area contributed by atoms with Gasteiger partial charge in [-0.15, -0.1) is 0 Å². The molecule has 0 saturated carbocycles. The van der Waals surface area contributed by atoms with E-state index in [-0.39, 0.29) is 5.57 Å². The van der Waals surface area contributed by atoms with Gasteiger partial charge in [0.05, 0.1) is 12.3 Å². The molecule has 0 radical (unpaired) electrons. The fourth-order valence-corrected chi connectivity index (χ4v) is 5.29. The molecule has 4 rings (SSSR count). The topological polar surface area (TPSA) is 75.7 Å². The van der Waals surface area contributed by atoms with Gasteiger partial charge in [-0.2, -0.15) is 0 Å². The van der Waals surface area contributed by atoms with Crippen molar-refractivity contribution in [2.24, 2.45) is 0 Å². The smallest absolute Gasteiger partial charge is 0.335 e. The second-order valence-corrected chi connectivity index (χ2v) is 10.4. The summed E-state index contributed by atoms with van der Waals surface area (Å²) in [7, 11) is 0. The molecule has 0 bridgehead atoms. The molecule has 0 atom stereocenters. The molecule has 1 N–H and O–H groups in total. The number of ether oxygens (including phenoxy) is 1. The molecule has 1 fully saturated rings. The van der Waals surface area contributed by atoms with Gasteiger partial charge in [0, 0.05) is 25.0 Å². The predicted octanol–water partition coefficient (Wildman–Crippen LogP) is 6.67. The third-order valence-corrected chi connectivity index (χ3v) is 7.84. The van der Waals surface area contributed by atoms with Crippen LogP contribution in [0.2, 0.25) is 5.02 Å². The van der Waals surface area contributed by atoms with Crippen molar-refractivity contribution < 1.29 is 19.1 Å². The Morgan fingerprint density at radius 1 is 1.11 bits per heavy atom. The van der Waals surface area contributed by atoms with E-state index in [9.17, 15) is 14.4 Å². The van der Waals surface area contributed by atoms with Crippen LogP contribution in [-0.4, -0.2) is 24.5 Å². The van der Waals surface area contributed by atoms with Crippen molar-refractivity contribution in [3.63, 3.8) is 0 Å². The Labute approximate surface area is 235 Å². The van der Waals surface area contributed by atoms with Crippen molar-refractivity contribution in [2.45, 2.75) is 20.3 Å². The summed E-state index contributed by atoms with van der Waals surface area (Å²) in [5, 5.41) is 2.67. The van der Waals surface area contributed by atoms with Crippen molar-refractivity contribution in [1.29, 1.82) is 0 Å². The molecule has 4 amide bonds. The fraction of sp³-hybridized carbons (Fsp3) is 0.148. The first kappa shape index (κ1) is 26.4. The molecule has 1 saturated heterocycles. The molecule has 0 spiro atoms. The van der Waals surface area contributed by atoms with Crippen molar-refractivity contribution in [2.75, 3.05) is 11.5 Å². The third kappa shape index (κ3) is 5.35. The van der Waals surface area contributed by atoms with Crippen molar-refractivity contribution in [3.8, 4) is 5.75 Å². The number of carbonyl (C=O) groups excluding carboxylic acids is 3. The van der Waals surface area contributed by atoms with E-state index in [2.05, 4.69) is 43.8 Å². The number of nitrogens with one attached hydrogen (secondary N) is 1.